The average molecular weight is 380 g/mol. The molecule has 1 fully saturated rings. The Bertz CT molecular complexity index is 812. The Morgan fingerprint density at radius 1 is 1.18 bits per heavy atom. The maximum absolute atomic E-state index is 13.1. The van der Waals surface area contributed by atoms with Gasteiger partial charge in [0.2, 0.25) is 11.9 Å². The number of hydrogen-bond acceptors (Lipinski definition) is 6. The molecule has 1 N–H and O–H groups in total. The van der Waals surface area contributed by atoms with E-state index in [1.807, 2.05) is 20.2 Å². The summed E-state index contributed by atoms with van der Waals surface area (Å²) in [7, 11) is 4.03. The molecule has 0 unspecified atom stereocenters. The molecule has 7 nitrogen and oxygen atoms in total. The fourth-order valence-corrected chi connectivity index (χ4v) is 4.23. The summed E-state index contributed by atoms with van der Waals surface area (Å²) in [6, 6.07) is 10.4. The molecule has 0 saturated carbocycles. The smallest absolute Gasteiger partial charge is 0.225 e. The predicted molar refractivity (Wildman–Crippen MR) is 111 cm³/mol. The van der Waals surface area contributed by atoms with E-state index in [-0.39, 0.29) is 17.9 Å². The number of fused-ring (bicyclic) bond motifs is 3. The zero-order valence-corrected chi connectivity index (χ0v) is 16.6. The number of aromatic nitrogens is 2. The predicted octanol–water partition coefficient (Wildman–Crippen LogP) is 1.02. The molecule has 1 amide bonds. The number of hydrogen-bond donors (Lipinski definition) is 1. The Labute approximate surface area is 166 Å². The summed E-state index contributed by atoms with van der Waals surface area (Å²) >= 11 is 0. The molecule has 28 heavy (non-hydrogen) atoms. The van der Waals surface area contributed by atoms with Crippen LogP contribution in [0, 0.1) is 5.92 Å². The Hall–Kier alpha value is -2.67. The van der Waals surface area contributed by atoms with Crippen molar-refractivity contribution in [2.24, 2.45) is 5.92 Å². The lowest BCUT2D eigenvalue weighted by molar-refractivity contribution is -0.125. The second-order valence-electron chi connectivity index (χ2n) is 7.79. The number of benzene rings is 1. The van der Waals surface area contributed by atoms with Gasteiger partial charge in [0.15, 0.2) is 0 Å². The molecule has 2 aliphatic rings. The molecule has 0 aliphatic carbocycles. The molecule has 1 aromatic heterocycles. The van der Waals surface area contributed by atoms with Crippen LogP contribution < -0.4 is 15.1 Å². The molecule has 0 spiro atoms. The summed E-state index contributed by atoms with van der Waals surface area (Å²) in [5.74, 6) is 0.804. The van der Waals surface area contributed by atoms with Crippen molar-refractivity contribution < 1.29 is 4.79 Å². The number of nitrogens with one attached hydrogen (secondary N) is 1. The molecule has 2 aliphatic heterocycles. The molecular formula is C21H28N6O. The minimum atomic E-state index is -0.0800. The van der Waals surface area contributed by atoms with Gasteiger partial charge in [0.05, 0.1) is 12.0 Å². The first-order valence-corrected chi connectivity index (χ1v) is 9.92. The number of anilines is 2. The Morgan fingerprint density at radius 3 is 2.75 bits per heavy atom. The van der Waals surface area contributed by atoms with Crippen molar-refractivity contribution in [3.8, 4) is 0 Å². The highest BCUT2D eigenvalue weighted by Gasteiger charge is 2.41. The summed E-state index contributed by atoms with van der Waals surface area (Å²) in [6.45, 7) is 3.98. The average Bonchev–Trinajstić information content (AvgIpc) is 2.73. The Morgan fingerprint density at radius 2 is 1.96 bits per heavy atom. The van der Waals surface area contributed by atoms with Gasteiger partial charge in [-0.15, -0.1) is 0 Å². The number of rotatable bonds is 5. The highest BCUT2D eigenvalue weighted by Crippen LogP contribution is 2.36. The number of amides is 1. The molecule has 3 heterocycles. The van der Waals surface area contributed by atoms with Gasteiger partial charge in [-0.3, -0.25) is 4.79 Å². The van der Waals surface area contributed by atoms with Gasteiger partial charge in [-0.1, -0.05) is 18.2 Å². The van der Waals surface area contributed by atoms with Crippen molar-refractivity contribution in [1.29, 1.82) is 0 Å². The van der Waals surface area contributed by atoms with Crippen LogP contribution in [0.5, 0.6) is 0 Å². The molecule has 2 aromatic rings. The number of piperazine rings is 1. The van der Waals surface area contributed by atoms with Gasteiger partial charge in [-0.2, -0.15) is 0 Å². The van der Waals surface area contributed by atoms with Gasteiger partial charge in [0.25, 0.3) is 0 Å². The van der Waals surface area contributed by atoms with E-state index in [1.165, 1.54) is 11.3 Å². The molecule has 1 saturated heterocycles. The summed E-state index contributed by atoms with van der Waals surface area (Å²) in [4.78, 5) is 28.6. The van der Waals surface area contributed by atoms with E-state index in [2.05, 4.69) is 54.2 Å². The van der Waals surface area contributed by atoms with E-state index in [0.29, 0.717) is 6.54 Å². The summed E-state index contributed by atoms with van der Waals surface area (Å²) in [6.07, 6.45) is 4.32. The summed E-state index contributed by atoms with van der Waals surface area (Å²) in [5, 5.41) is 3.15. The lowest BCUT2D eigenvalue weighted by Gasteiger charge is -2.49. The normalized spacial score (nSPS) is 21.2. The molecule has 0 bridgehead atoms. The third-order valence-electron chi connectivity index (χ3n) is 5.65. The molecule has 4 rings (SSSR count). The van der Waals surface area contributed by atoms with E-state index in [1.54, 1.807) is 12.4 Å². The van der Waals surface area contributed by atoms with Crippen molar-refractivity contribution >= 4 is 17.5 Å². The van der Waals surface area contributed by atoms with E-state index in [4.69, 9.17) is 0 Å². The maximum atomic E-state index is 13.1. The molecule has 148 valence electrons. The SMILES string of the molecule is CN(C)CCNC(=O)[C@H]1Cc2ccccc2N2CCN(c3ncccn3)C[C@H]12. The Kier molecular flexibility index (Phi) is 5.43. The third-order valence-corrected chi connectivity index (χ3v) is 5.65. The number of carbonyl (C=O) groups is 1. The number of nitrogens with zero attached hydrogens (tertiary/aromatic N) is 5. The number of carbonyl (C=O) groups excluding carboxylic acids is 1. The van der Waals surface area contributed by atoms with Crippen LogP contribution in [-0.4, -0.2) is 73.6 Å². The fourth-order valence-electron chi connectivity index (χ4n) is 4.23. The molecule has 0 radical (unpaired) electrons. The second kappa shape index (κ2) is 8.14. The van der Waals surface area contributed by atoms with Crippen LogP contribution in [0.15, 0.2) is 42.7 Å². The minimum Gasteiger partial charge on any atom is -0.364 e. The van der Waals surface area contributed by atoms with Crippen molar-refractivity contribution in [2.75, 3.05) is 56.6 Å². The fraction of sp³-hybridized carbons (Fsp3) is 0.476. The lowest BCUT2D eigenvalue weighted by atomic mass is 9.83. The van der Waals surface area contributed by atoms with Crippen molar-refractivity contribution in [3.63, 3.8) is 0 Å². The van der Waals surface area contributed by atoms with Gasteiger partial charge < -0.3 is 20.0 Å². The van der Waals surface area contributed by atoms with Crippen LogP contribution in [-0.2, 0) is 11.2 Å². The van der Waals surface area contributed by atoms with Crippen LogP contribution in [0.1, 0.15) is 5.56 Å². The first-order chi connectivity index (χ1) is 13.6. The lowest BCUT2D eigenvalue weighted by Crippen LogP contribution is -2.61. The number of para-hydroxylation sites is 1. The van der Waals surface area contributed by atoms with Crippen LogP contribution in [0.25, 0.3) is 0 Å². The van der Waals surface area contributed by atoms with Crippen LogP contribution >= 0.6 is 0 Å². The topological polar surface area (TPSA) is 64.6 Å². The van der Waals surface area contributed by atoms with Crippen LogP contribution in [0.3, 0.4) is 0 Å². The monoisotopic (exact) mass is 380 g/mol. The van der Waals surface area contributed by atoms with Crippen molar-refractivity contribution in [3.05, 3.63) is 48.3 Å². The molecule has 2 atom stereocenters. The largest absolute Gasteiger partial charge is 0.364 e. The van der Waals surface area contributed by atoms with Crippen LogP contribution in [0.2, 0.25) is 0 Å². The van der Waals surface area contributed by atoms with Gasteiger partial charge in [-0.05, 0) is 38.2 Å². The van der Waals surface area contributed by atoms with Gasteiger partial charge in [0, 0.05) is 50.8 Å². The van der Waals surface area contributed by atoms with E-state index >= 15 is 0 Å². The van der Waals surface area contributed by atoms with Crippen molar-refractivity contribution in [1.82, 2.24) is 20.2 Å². The first-order valence-electron chi connectivity index (χ1n) is 9.92. The van der Waals surface area contributed by atoms with E-state index in [9.17, 15) is 4.79 Å². The summed E-state index contributed by atoms with van der Waals surface area (Å²) < 4.78 is 0. The van der Waals surface area contributed by atoms with Crippen molar-refractivity contribution in [2.45, 2.75) is 12.5 Å². The molecule has 1 aromatic carbocycles. The maximum Gasteiger partial charge on any atom is 0.225 e. The minimum absolute atomic E-state index is 0.0800. The Balaban J connectivity index is 1.57. The number of likely N-dealkylation sites (N-methyl/N-ethyl adjacent to an activating group) is 1. The van der Waals surface area contributed by atoms with Crippen LogP contribution in [0.4, 0.5) is 11.6 Å². The van der Waals surface area contributed by atoms with Gasteiger partial charge in [-0.25, -0.2) is 9.97 Å². The standard InChI is InChI=1S/C21H28N6O/c1-25(2)11-10-22-20(28)17-14-16-6-3-4-7-18(16)27-13-12-26(15-19(17)27)21-23-8-5-9-24-21/h3-9,17,19H,10-15H2,1-2H3,(H,22,28)/t17-,19+/m0/s1. The van der Waals surface area contributed by atoms with Gasteiger partial charge in [0.1, 0.15) is 0 Å². The molecular weight excluding hydrogens is 352 g/mol. The third kappa shape index (κ3) is 3.80. The zero-order valence-electron chi connectivity index (χ0n) is 16.6. The highest BCUT2D eigenvalue weighted by molar-refractivity contribution is 5.82. The quantitative estimate of drug-likeness (QED) is 0.836. The van der Waals surface area contributed by atoms with E-state index in [0.717, 1.165) is 38.5 Å². The zero-order chi connectivity index (χ0) is 19.5. The first kappa shape index (κ1) is 18.7. The second-order valence-corrected chi connectivity index (χ2v) is 7.79. The van der Waals surface area contributed by atoms with Gasteiger partial charge >= 0.3 is 0 Å². The molecule has 7 heteroatoms. The highest BCUT2D eigenvalue weighted by atomic mass is 16.1. The summed E-state index contributed by atoms with van der Waals surface area (Å²) in [5.41, 5.74) is 2.52. The van der Waals surface area contributed by atoms with E-state index < -0.39 is 0 Å².